The van der Waals surface area contributed by atoms with Crippen LogP contribution < -0.4 is 10.6 Å². The third-order valence-corrected chi connectivity index (χ3v) is 6.72. The van der Waals surface area contributed by atoms with Gasteiger partial charge >= 0.3 is 0 Å². The summed E-state index contributed by atoms with van der Waals surface area (Å²) in [5.74, 6) is -0.774. The summed E-state index contributed by atoms with van der Waals surface area (Å²) in [5.41, 5.74) is 1.75. The molecule has 0 aliphatic heterocycles. The van der Waals surface area contributed by atoms with E-state index in [9.17, 15) is 19.2 Å². The molecule has 1 rings (SSSR count). The molecular formula is C32H54N4O6. The van der Waals surface area contributed by atoms with E-state index in [4.69, 9.17) is 9.47 Å². The van der Waals surface area contributed by atoms with Gasteiger partial charge in [0.05, 0.1) is 0 Å². The first kappa shape index (κ1) is 37.0. The highest BCUT2D eigenvalue weighted by Gasteiger charge is 2.15. The Morgan fingerprint density at radius 1 is 0.595 bits per heavy atom. The van der Waals surface area contributed by atoms with Crippen LogP contribution in [0.1, 0.15) is 90.2 Å². The second-order valence-corrected chi connectivity index (χ2v) is 10.5. The zero-order valence-electron chi connectivity index (χ0n) is 26.4. The number of ether oxygens (including phenoxy) is 2. The quantitative estimate of drug-likeness (QED) is 0.189. The minimum absolute atomic E-state index is 0.0858. The van der Waals surface area contributed by atoms with E-state index in [1.54, 1.807) is 0 Å². The topological polar surface area (TPSA) is 117 Å². The molecule has 0 aromatic heterocycles. The third kappa shape index (κ3) is 17.1. The monoisotopic (exact) mass is 590 g/mol. The van der Waals surface area contributed by atoms with E-state index >= 15 is 0 Å². The maximum atomic E-state index is 12.5. The van der Waals surface area contributed by atoms with E-state index in [0.717, 1.165) is 62.5 Å². The highest BCUT2D eigenvalue weighted by molar-refractivity contribution is 5.80. The van der Waals surface area contributed by atoms with Crippen LogP contribution in [0, 0.1) is 0 Å². The lowest BCUT2D eigenvalue weighted by atomic mass is 10.1. The summed E-state index contributed by atoms with van der Waals surface area (Å²) in [6.07, 6.45) is 7.86. The minimum Gasteiger partial charge on any atom is -0.362 e. The predicted molar refractivity (Wildman–Crippen MR) is 165 cm³/mol. The van der Waals surface area contributed by atoms with Crippen LogP contribution in [0.4, 0.5) is 0 Å². The molecule has 0 aliphatic carbocycles. The van der Waals surface area contributed by atoms with E-state index in [1.807, 2.05) is 34.1 Å². The van der Waals surface area contributed by atoms with E-state index in [-0.39, 0.29) is 50.1 Å². The predicted octanol–water partition coefficient (Wildman–Crippen LogP) is 3.81. The van der Waals surface area contributed by atoms with Gasteiger partial charge in [-0.25, -0.2) is 0 Å². The van der Waals surface area contributed by atoms with Crippen molar-refractivity contribution < 1.29 is 28.7 Å². The van der Waals surface area contributed by atoms with Crippen molar-refractivity contribution in [1.82, 2.24) is 20.4 Å². The lowest BCUT2D eigenvalue weighted by Gasteiger charge is -2.22. The number of nitrogens with one attached hydrogen (secondary N) is 2. The first-order valence-corrected chi connectivity index (χ1v) is 15.7. The largest absolute Gasteiger partial charge is 0.362 e. The Balaban J connectivity index is 2.36. The van der Waals surface area contributed by atoms with Crippen molar-refractivity contribution in [1.29, 1.82) is 0 Å². The summed E-state index contributed by atoms with van der Waals surface area (Å²) in [6, 6.07) is 7.52. The fraction of sp³-hybridized carbons (Fsp3) is 0.688. The van der Waals surface area contributed by atoms with Crippen molar-refractivity contribution in [3.63, 3.8) is 0 Å². The molecule has 42 heavy (non-hydrogen) atoms. The number of nitrogens with zero attached hydrogens (tertiary/aromatic N) is 2. The lowest BCUT2D eigenvalue weighted by Crippen LogP contribution is -2.37. The number of amides is 4. The number of unbranched alkanes of at least 4 members (excludes halogenated alkanes) is 4. The Hall–Kier alpha value is -2.98. The van der Waals surface area contributed by atoms with Gasteiger partial charge in [-0.05, 0) is 36.8 Å². The summed E-state index contributed by atoms with van der Waals surface area (Å²) in [5, 5.41) is 5.61. The van der Waals surface area contributed by atoms with Gasteiger partial charge in [0.25, 0.3) is 0 Å². The normalized spacial score (nSPS) is 10.8. The third-order valence-electron chi connectivity index (χ3n) is 6.72. The smallest absolute Gasteiger partial charge is 0.248 e. The molecule has 0 radical (unpaired) electrons. The number of rotatable bonds is 24. The first-order chi connectivity index (χ1) is 20.3. The molecule has 1 aromatic rings. The van der Waals surface area contributed by atoms with Crippen molar-refractivity contribution >= 4 is 23.6 Å². The van der Waals surface area contributed by atoms with Crippen molar-refractivity contribution in [2.45, 2.75) is 92.2 Å². The Bertz CT molecular complexity index is 841. The summed E-state index contributed by atoms with van der Waals surface area (Å²) in [6.45, 7) is 11.2. The highest BCUT2D eigenvalue weighted by atomic mass is 16.5. The maximum Gasteiger partial charge on any atom is 0.248 e. The zero-order valence-corrected chi connectivity index (χ0v) is 26.4. The van der Waals surface area contributed by atoms with Crippen molar-refractivity contribution in [3.05, 3.63) is 35.4 Å². The van der Waals surface area contributed by atoms with Crippen LogP contribution in [-0.4, -0.2) is 86.0 Å². The molecule has 0 atom stereocenters. The number of benzene rings is 1. The molecule has 4 amide bonds. The molecule has 1 aromatic carbocycles. The minimum atomic E-state index is -0.301. The Morgan fingerprint density at radius 3 is 1.29 bits per heavy atom. The molecule has 0 heterocycles. The second-order valence-electron chi connectivity index (χ2n) is 10.5. The summed E-state index contributed by atoms with van der Waals surface area (Å²) >= 11 is 0. The van der Waals surface area contributed by atoms with Crippen LogP contribution in [0.2, 0.25) is 0 Å². The molecule has 0 saturated carbocycles. The maximum absolute atomic E-state index is 12.5. The molecule has 0 saturated heterocycles. The molecule has 2 N–H and O–H groups in total. The fourth-order valence-corrected chi connectivity index (χ4v) is 4.12. The van der Waals surface area contributed by atoms with Gasteiger partial charge in [0, 0.05) is 39.3 Å². The Morgan fingerprint density at radius 2 is 0.952 bits per heavy atom. The number of carbonyl (C=O) groups excluding carboxylic acids is 4. The van der Waals surface area contributed by atoms with E-state index in [0.29, 0.717) is 39.3 Å². The van der Waals surface area contributed by atoms with Crippen LogP contribution in [0.15, 0.2) is 24.3 Å². The zero-order chi connectivity index (χ0) is 31.0. The van der Waals surface area contributed by atoms with Gasteiger partial charge in [-0.15, -0.1) is 0 Å². The number of hydrogen-bond donors (Lipinski definition) is 2. The summed E-state index contributed by atoms with van der Waals surface area (Å²) in [4.78, 5) is 53.1. The van der Waals surface area contributed by atoms with Gasteiger partial charge in [0.15, 0.2) is 0 Å². The summed E-state index contributed by atoms with van der Waals surface area (Å²) in [7, 11) is 0. The molecule has 238 valence electrons. The van der Waals surface area contributed by atoms with Gasteiger partial charge in [-0.1, -0.05) is 77.6 Å². The molecular weight excluding hydrogens is 536 g/mol. The van der Waals surface area contributed by atoms with Crippen LogP contribution in [0.25, 0.3) is 0 Å². The average Bonchev–Trinajstić information content (AvgIpc) is 2.99. The Kier molecular flexibility index (Phi) is 20.8. The second kappa shape index (κ2) is 23.6. The van der Waals surface area contributed by atoms with Crippen molar-refractivity contribution in [3.8, 4) is 0 Å². The van der Waals surface area contributed by atoms with E-state index in [1.165, 1.54) is 0 Å². The Labute approximate surface area is 252 Å². The van der Waals surface area contributed by atoms with Gasteiger partial charge in [0.2, 0.25) is 23.6 Å². The molecule has 0 aliphatic rings. The molecule has 0 fully saturated rings. The lowest BCUT2D eigenvalue weighted by molar-refractivity contribution is -0.139. The van der Waals surface area contributed by atoms with Crippen LogP contribution >= 0.6 is 0 Å². The van der Waals surface area contributed by atoms with E-state index in [2.05, 4.69) is 38.3 Å². The first-order valence-electron chi connectivity index (χ1n) is 15.7. The molecule has 10 heteroatoms. The van der Waals surface area contributed by atoms with Crippen molar-refractivity contribution in [2.24, 2.45) is 0 Å². The summed E-state index contributed by atoms with van der Waals surface area (Å²) < 4.78 is 10.8. The van der Waals surface area contributed by atoms with Gasteiger partial charge in [-0.3, -0.25) is 19.2 Å². The highest BCUT2D eigenvalue weighted by Crippen LogP contribution is 2.06. The van der Waals surface area contributed by atoms with Crippen LogP contribution in [-0.2, 0) is 41.7 Å². The van der Waals surface area contributed by atoms with Crippen LogP contribution in [0.5, 0.6) is 0 Å². The van der Waals surface area contributed by atoms with E-state index < -0.39 is 0 Å². The van der Waals surface area contributed by atoms with Gasteiger partial charge < -0.3 is 29.9 Å². The molecule has 10 nitrogen and oxygen atoms in total. The van der Waals surface area contributed by atoms with Crippen molar-refractivity contribution in [2.75, 3.05) is 52.6 Å². The molecule has 0 unspecified atom stereocenters. The number of hydrogen-bond acceptors (Lipinski definition) is 6. The van der Waals surface area contributed by atoms with Crippen LogP contribution in [0.3, 0.4) is 0 Å². The average molecular weight is 591 g/mol. The molecule has 0 bridgehead atoms. The standard InChI is InChI=1S/C32H54N4O6/c1-5-9-16-35(17-10-6-2)31(39)25-41-23-29(37)33-21-27-14-13-15-28(20-27)22-34-30(38)24-42-26-32(40)36(18-11-7-3)19-12-8-4/h13-15,20H,5-12,16-19,21-26H2,1-4H3,(H,33,37)(H,34,38). The van der Waals surface area contributed by atoms with Gasteiger partial charge in [0.1, 0.15) is 26.4 Å². The van der Waals surface area contributed by atoms with Gasteiger partial charge in [-0.2, -0.15) is 0 Å². The molecule has 0 spiro atoms. The SMILES string of the molecule is CCCCN(CCCC)C(=O)COCC(=O)NCc1cccc(CNC(=O)COCC(=O)N(CCCC)CCCC)c1. The number of carbonyl (C=O) groups is 4. The fourth-order valence-electron chi connectivity index (χ4n) is 4.12.